The maximum absolute atomic E-state index is 12.4. The number of nitrogens with one attached hydrogen (secondary N) is 1. The standard InChI is InChI=1S/C28H30N2O5/c1-4-33-26(31)28(15-16-28)23-13-11-21(12-14-23)20-7-9-22(10-8-20)25-24(17(2)30-35-25)29-27(32)34-18(3)19-5-6-19/h7-14,18-19H,4-6,15-16H2,1-3H3,(H,29,32)/t18-/m1/s1. The molecular weight excluding hydrogens is 444 g/mol. The van der Waals surface area contributed by atoms with E-state index in [1.165, 1.54) is 0 Å². The van der Waals surface area contributed by atoms with Gasteiger partial charge in [-0.3, -0.25) is 10.1 Å². The van der Waals surface area contributed by atoms with Crippen LogP contribution in [0, 0.1) is 12.8 Å². The lowest BCUT2D eigenvalue weighted by atomic mass is 9.93. The van der Waals surface area contributed by atoms with E-state index in [-0.39, 0.29) is 12.1 Å². The minimum absolute atomic E-state index is 0.101. The highest BCUT2D eigenvalue weighted by atomic mass is 16.6. The molecule has 0 radical (unpaired) electrons. The quantitative estimate of drug-likeness (QED) is 0.388. The third-order valence-corrected chi connectivity index (χ3v) is 7.00. The molecule has 0 spiro atoms. The fourth-order valence-corrected chi connectivity index (χ4v) is 4.48. The van der Waals surface area contributed by atoms with E-state index in [1.807, 2.05) is 62.4 Å². The van der Waals surface area contributed by atoms with Gasteiger partial charge in [-0.15, -0.1) is 0 Å². The van der Waals surface area contributed by atoms with Crippen molar-refractivity contribution in [1.29, 1.82) is 0 Å². The van der Waals surface area contributed by atoms with E-state index in [9.17, 15) is 9.59 Å². The second-order valence-corrected chi connectivity index (χ2v) is 9.50. The smallest absolute Gasteiger partial charge is 0.412 e. The number of carbonyl (C=O) groups excluding carboxylic acids is 2. The van der Waals surface area contributed by atoms with E-state index in [4.69, 9.17) is 14.0 Å². The number of anilines is 1. The fourth-order valence-electron chi connectivity index (χ4n) is 4.48. The van der Waals surface area contributed by atoms with E-state index >= 15 is 0 Å². The molecule has 2 saturated carbocycles. The highest BCUT2D eigenvalue weighted by molar-refractivity contribution is 5.91. The normalized spacial score (nSPS) is 16.9. The topological polar surface area (TPSA) is 90.7 Å². The summed E-state index contributed by atoms with van der Waals surface area (Å²) in [6.45, 7) is 5.94. The summed E-state index contributed by atoms with van der Waals surface area (Å²) < 4.78 is 16.3. The average Bonchev–Trinajstić information content (AvgIpc) is 3.78. The van der Waals surface area contributed by atoms with Crippen LogP contribution >= 0.6 is 0 Å². The molecule has 1 atom stereocenters. The van der Waals surface area contributed by atoms with E-state index < -0.39 is 11.5 Å². The van der Waals surface area contributed by atoms with Gasteiger partial charge >= 0.3 is 12.1 Å². The molecule has 5 rings (SSSR count). The van der Waals surface area contributed by atoms with E-state index in [2.05, 4.69) is 10.5 Å². The van der Waals surface area contributed by atoms with Gasteiger partial charge in [0.2, 0.25) is 0 Å². The minimum Gasteiger partial charge on any atom is -0.465 e. The monoisotopic (exact) mass is 474 g/mol. The van der Waals surface area contributed by atoms with Crippen molar-refractivity contribution in [3.8, 4) is 22.5 Å². The number of benzene rings is 2. The van der Waals surface area contributed by atoms with Crippen molar-refractivity contribution in [3.63, 3.8) is 0 Å². The predicted molar refractivity (Wildman–Crippen MR) is 132 cm³/mol. The zero-order valence-corrected chi connectivity index (χ0v) is 20.3. The SMILES string of the molecule is CCOC(=O)C1(c2ccc(-c3ccc(-c4onc(C)c4NC(=O)O[C@H](C)C4CC4)cc3)cc2)CC1. The van der Waals surface area contributed by atoms with Gasteiger partial charge in [0.1, 0.15) is 17.5 Å². The first-order valence-electron chi connectivity index (χ1n) is 12.2. The van der Waals surface area contributed by atoms with E-state index in [0.717, 1.165) is 47.9 Å². The molecule has 182 valence electrons. The Bertz CT molecular complexity index is 1220. The number of nitrogens with zero attached hydrogens (tertiary/aromatic N) is 1. The van der Waals surface area contributed by atoms with Gasteiger partial charge < -0.3 is 14.0 Å². The molecule has 2 aliphatic rings. The molecule has 1 aromatic heterocycles. The van der Waals surface area contributed by atoms with Gasteiger partial charge in [-0.2, -0.15) is 0 Å². The molecule has 2 aromatic carbocycles. The van der Waals surface area contributed by atoms with Crippen LogP contribution in [0.4, 0.5) is 10.5 Å². The summed E-state index contributed by atoms with van der Waals surface area (Å²) in [5.74, 6) is 0.825. The van der Waals surface area contributed by atoms with Crippen LogP contribution < -0.4 is 5.32 Å². The second-order valence-electron chi connectivity index (χ2n) is 9.50. The third-order valence-electron chi connectivity index (χ3n) is 7.00. The summed E-state index contributed by atoms with van der Waals surface area (Å²) in [6, 6.07) is 16.0. The molecule has 35 heavy (non-hydrogen) atoms. The largest absolute Gasteiger partial charge is 0.465 e. The summed E-state index contributed by atoms with van der Waals surface area (Å²) in [5.41, 5.74) is 4.52. The number of amides is 1. The Labute approximate surface area is 204 Å². The third kappa shape index (κ3) is 4.67. The average molecular weight is 475 g/mol. The number of hydrogen-bond acceptors (Lipinski definition) is 6. The number of esters is 1. The molecule has 7 heteroatoms. The zero-order valence-electron chi connectivity index (χ0n) is 20.3. The molecule has 1 N–H and O–H groups in total. The summed E-state index contributed by atoms with van der Waals surface area (Å²) in [6.07, 6.45) is 3.28. The van der Waals surface area contributed by atoms with E-state index in [0.29, 0.717) is 29.7 Å². The van der Waals surface area contributed by atoms with Crippen molar-refractivity contribution in [2.75, 3.05) is 11.9 Å². The molecule has 0 unspecified atom stereocenters. The Kier molecular flexibility index (Phi) is 6.09. The fraction of sp³-hybridized carbons (Fsp3) is 0.393. The second kappa shape index (κ2) is 9.21. The Morgan fingerprint density at radius 1 is 1.06 bits per heavy atom. The molecule has 2 fully saturated rings. The molecular formula is C28H30N2O5. The van der Waals surface area contributed by atoms with Crippen molar-refractivity contribution in [2.24, 2.45) is 5.92 Å². The number of rotatable bonds is 8. The van der Waals surface area contributed by atoms with Gasteiger partial charge in [-0.25, -0.2) is 4.79 Å². The molecule has 0 bridgehead atoms. The van der Waals surface area contributed by atoms with Crippen LogP contribution in [0.15, 0.2) is 53.1 Å². The number of hydrogen-bond donors (Lipinski definition) is 1. The van der Waals surface area contributed by atoms with Crippen LogP contribution in [0.5, 0.6) is 0 Å². The molecule has 1 amide bonds. The van der Waals surface area contributed by atoms with E-state index in [1.54, 1.807) is 6.92 Å². The van der Waals surface area contributed by atoms with Crippen molar-refractivity contribution >= 4 is 17.7 Å². The van der Waals surface area contributed by atoms with Gasteiger partial charge in [-0.05, 0) is 69.1 Å². The van der Waals surface area contributed by atoms with Crippen LogP contribution in [-0.2, 0) is 19.7 Å². The van der Waals surface area contributed by atoms with Crippen LogP contribution in [0.25, 0.3) is 22.5 Å². The van der Waals surface area contributed by atoms with Crippen LogP contribution in [-0.4, -0.2) is 29.9 Å². The maximum atomic E-state index is 12.4. The van der Waals surface area contributed by atoms with Gasteiger partial charge in [-0.1, -0.05) is 53.7 Å². The molecule has 0 aliphatic heterocycles. The number of ether oxygens (including phenoxy) is 2. The first-order chi connectivity index (χ1) is 16.9. The maximum Gasteiger partial charge on any atom is 0.412 e. The highest BCUT2D eigenvalue weighted by Crippen LogP contribution is 2.49. The molecule has 2 aliphatic carbocycles. The summed E-state index contributed by atoms with van der Waals surface area (Å²) in [7, 11) is 0. The molecule has 0 saturated heterocycles. The Hall–Kier alpha value is -3.61. The number of aryl methyl sites for hydroxylation is 1. The lowest BCUT2D eigenvalue weighted by molar-refractivity contribution is -0.146. The zero-order chi connectivity index (χ0) is 24.6. The Balaban J connectivity index is 1.30. The van der Waals surface area contributed by atoms with Gasteiger partial charge in [0.15, 0.2) is 5.76 Å². The molecule has 3 aromatic rings. The lowest BCUT2D eigenvalue weighted by Gasteiger charge is -2.15. The lowest BCUT2D eigenvalue weighted by Crippen LogP contribution is -2.23. The van der Waals surface area contributed by atoms with Crippen molar-refractivity contribution in [3.05, 3.63) is 59.8 Å². The molecule has 1 heterocycles. The van der Waals surface area contributed by atoms with Crippen LogP contribution in [0.1, 0.15) is 50.8 Å². The molecule has 7 nitrogen and oxygen atoms in total. The predicted octanol–water partition coefficient (Wildman–Crippen LogP) is 6.26. The van der Waals surface area contributed by atoms with Gasteiger partial charge in [0.25, 0.3) is 0 Å². The van der Waals surface area contributed by atoms with Crippen molar-refractivity contribution < 1.29 is 23.6 Å². The first-order valence-corrected chi connectivity index (χ1v) is 12.2. The Morgan fingerprint density at radius 2 is 1.66 bits per heavy atom. The van der Waals surface area contributed by atoms with Crippen LogP contribution in [0.3, 0.4) is 0 Å². The first kappa shape index (κ1) is 23.1. The minimum atomic E-state index is -0.495. The summed E-state index contributed by atoms with van der Waals surface area (Å²) in [4.78, 5) is 24.7. The Morgan fingerprint density at radius 3 is 2.23 bits per heavy atom. The number of carbonyl (C=O) groups is 2. The highest BCUT2D eigenvalue weighted by Gasteiger charge is 2.52. The summed E-state index contributed by atoms with van der Waals surface area (Å²) in [5, 5.41) is 6.84. The van der Waals surface area contributed by atoms with Gasteiger partial charge in [0.05, 0.1) is 12.0 Å². The van der Waals surface area contributed by atoms with Crippen molar-refractivity contribution in [1.82, 2.24) is 5.16 Å². The van der Waals surface area contributed by atoms with Gasteiger partial charge in [0, 0.05) is 5.56 Å². The summed E-state index contributed by atoms with van der Waals surface area (Å²) >= 11 is 0. The van der Waals surface area contributed by atoms with Crippen molar-refractivity contribution in [2.45, 2.75) is 58.0 Å². The van der Waals surface area contributed by atoms with Crippen LogP contribution in [0.2, 0.25) is 0 Å². The number of aromatic nitrogens is 1.